The Labute approximate surface area is 124 Å². The molecule has 2 aromatic heterocycles. The molecule has 0 aromatic carbocycles. The molecule has 0 spiro atoms. The smallest absolute Gasteiger partial charge is 0.130 e. The highest BCUT2D eigenvalue weighted by Crippen LogP contribution is 2.29. The summed E-state index contributed by atoms with van der Waals surface area (Å²) in [7, 11) is 1.93. The summed E-state index contributed by atoms with van der Waals surface area (Å²) in [6.07, 6.45) is 5.92. The Morgan fingerprint density at radius 2 is 2.19 bits per heavy atom. The molecule has 0 bridgehead atoms. The third-order valence-corrected chi connectivity index (χ3v) is 3.70. The van der Waals surface area contributed by atoms with Crippen LogP contribution in [-0.4, -0.2) is 32.4 Å². The maximum absolute atomic E-state index is 5.87. The second-order valence-electron chi connectivity index (χ2n) is 5.61. The van der Waals surface area contributed by atoms with Crippen molar-refractivity contribution in [1.82, 2.24) is 19.7 Å². The molecule has 1 saturated heterocycles. The van der Waals surface area contributed by atoms with Gasteiger partial charge in [0.05, 0.1) is 12.3 Å². The van der Waals surface area contributed by atoms with Crippen molar-refractivity contribution in [3.63, 3.8) is 0 Å². The molecule has 0 aliphatic carbocycles. The van der Waals surface area contributed by atoms with Crippen LogP contribution in [0.1, 0.15) is 36.0 Å². The first kappa shape index (κ1) is 14.0. The second kappa shape index (κ2) is 5.81. The first-order valence-corrected chi connectivity index (χ1v) is 7.29. The Morgan fingerprint density at radius 3 is 2.90 bits per heavy atom. The highest BCUT2D eigenvalue weighted by molar-refractivity contribution is 5.37. The molecule has 0 radical (unpaired) electrons. The number of ether oxygens (including phenoxy) is 1. The summed E-state index contributed by atoms with van der Waals surface area (Å²) in [5.74, 6) is 1.70. The van der Waals surface area contributed by atoms with Gasteiger partial charge in [-0.3, -0.25) is 4.68 Å². The zero-order valence-corrected chi connectivity index (χ0v) is 12.7. The lowest BCUT2D eigenvalue weighted by molar-refractivity contribution is 0.00970. The van der Waals surface area contributed by atoms with Crippen LogP contribution in [0.15, 0.2) is 18.5 Å². The van der Waals surface area contributed by atoms with E-state index < -0.39 is 0 Å². The van der Waals surface area contributed by atoms with E-state index in [9.17, 15) is 0 Å². The van der Waals surface area contributed by atoms with Gasteiger partial charge >= 0.3 is 0 Å². The van der Waals surface area contributed by atoms with Gasteiger partial charge in [0.15, 0.2) is 0 Å². The minimum Gasteiger partial charge on any atom is -0.373 e. The van der Waals surface area contributed by atoms with Crippen molar-refractivity contribution in [3.05, 3.63) is 35.5 Å². The van der Waals surface area contributed by atoms with Crippen LogP contribution in [0.25, 0.3) is 0 Å². The topological polar surface area (TPSA) is 64.9 Å². The van der Waals surface area contributed by atoms with Crippen LogP contribution in [0.4, 0.5) is 5.82 Å². The summed E-state index contributed by atoms with van der Waals surface area (Å²) in [6.45, 7) is 4.66. The maximum atomic E-state index is 5.87. The summed E-state index contributed by atoms with van der Waals surface area (Å²) in [4.78, 5) is 8.76. The summed E-state index contributed by atoms with van der Waals surface area (Å²) >= 11 is 0. The van der Waals surface area contributed by atoms with E-state index in [1.807, 2.05) is 44.0 Å². The fourth-order valence-corrected chi connectivity index (χ4v) is 2.77. The van der Waals surface area contributed by atoms with Gasteiger partial charge in [-0.1, -0.05) is 0 Å². The minimum atomic E-state index is 0.106. The van der Waals surface area contributed by atoms with Gasteiger partial charge in [0.2, 0.25) is 0 Å². The fourth-order valence-electron chi connectivity index (χ4n) is 2.77. The molecule has 0 amide bonds. The van der Waals surface area contributed by atoms with Gasteiger partial charge in [-0.25, -0.2) is 9.97 Å². The SMILES string of the molecule is Cc1cc(NC2CCOC(c3cnn(C)c3)C2)nc(C)n1. The molecule has 0 saturated carbocycles. The van der Waals surface area contributed by atoms with Gasteiger partial charge in [-0.2, -0.15) is 5.10 Å². The Hall–Kier alpha value is -1.95. The predicted octanol–water partition coefficient (Wildman–Crippen LogP) is 2.16. The van der Waals surface area contributed by atoms with Crippen molar-refractivity contribution < 1.29 is 4.74 Å². The van der Waals surface area contributed by atoms with E-state index in [2.05, 4.69) is 20.4 Å². The van der Waals surface area contributed by atoms with Crippen LogP contribution in [0, 0.1) is 13.8 Å². The number of nitrogens with one attached hydrogen (secondary N) is 1. The summed E-state index contributed by atoms with van der Waals surface area (Å²) in [6, 6.07) is 2.35. The Balaban J connectivity index is 1.68. The molecule has 1 N–H and O–H groups in total. The van der Waals surface area contributed by atoms with E-state index in [0.717, 1.165) is 42.3 Å². The van der Waals surface area contributed by atoms with Gasteiger partial charge in [-0.15, -0.1) is 0 Å². The number of nitrogens with zero attached hydrogens (tertiary/aromatic N) is 4. The lowest BCUT2D eigenvalue weighted by Crippen LogP contribution is -2.30. The minimum absolute atomic E-state index is 0.106. The molecule has 1 aliphatic heterocycles. The number of hydrogen-bond donors (Lipinski definition) is 1. The van der Waals surface area contributed by atoms with Crippen LogP contribution < -0.4 is 5.32 Å². The average molecular weight is 287 g/mol. The molecule has 2 aromatic rings. The first-order valence-electron chi connectivity index (χ1n) is 7.29. The Morgan fingerprint density at radius 1 is 1.33 bits per heavy atom. The van der Waals surface area contributed by atoms with Crippen molar-refractivity contribution in [1.29, 1.82) is 0 Å². The van der Waals surface area contributed by atoms with Crippen molar-refractivity contribution in [2.24, 2.45) is 7.05 Å². The number of aryl methyl sites for hydroxylation is 3. The number of hydrogen-bond acceptors (Lipinski definition) is 5. The monoisotopic (exact) mass is 287 g/mol. The lowest BCUT2D eigenvalue weighted by atomic mass is 9.99. The largest absolute Gasteiger partial charge is 0.373 e. The number of rotatable bonds is 3. The zero-order chi connectivity index (χ0) is 14.8. The normalized spacial score (nSPS) is 22.2. The van der Waals surface area contributed by atoms with Crippen LogP contribution >= 0.6 is 0 Å². The Bertz CT molecular complexity index is 604. The molecule has 21 heavy (non-hydrogen) atoms. The maximum Gasteiger partial charge on any atom is 0.130 e. The van der Waals surface area contributed by atoms with E-state index in [0.29, 0.717) is 6.04 Å². The van der Waals surface area contributed by atoms with Crippen LogP contribution in [0.5, 0.6) is 0 Å². The lowest BCUT2D eigenvalue weighted by Gasteiger charge is -2.30. The van der Waals surface area contributed by atoms with Crippen LogP contribution in [-0.2, 0) is 11.8 Å². The van der Waals surface area contributed by atoms with E-state index in [1.54, 1.807) is 0 Å². The van der Waals surface area contributed by atoms with Crippen molar-refractivity contribution in [2.75, 3.05) is 11.9 Å². The standard InChI is InChI=1S/C15H21N5O/c1-10-6-15(18-11(2)17-10)19-13-4-5-21-14(7-13)12-8-16-20(3)9-12/h6,8-9,13-14H,4-5,7H2,1-3H3,(H,17,18,19). The van der Waals surface area contributed by atoms with Crippen molar-refractivity contribution in [2.45, 2.75) is 38.8 Å². The molecule has 6 nitrogen and oxygen atoms in total. The molecule has 2 unspecified atom stereocenters. The Kier molecular flexibility index (Phi) is 3.88. The van der Waals surface area contributed by atoms with Gasteiger partial charge in [0, 0.05) is 43.2 Å². The average Bonchev–Trinajstić information content (AvgIpc) is 2.84. The van der Waals surface area contributed by atoms with Crippen molar-refractivity contribution >= 4 is 5.82 Å². The number of anilines is 1. The second-order valence-corrected chi connectivity index (χ2v) is 5.61. The molecule has 3 heterocycles. The summed E-state index contributed by atoms with van der Waals surface area (Å²) in [5, 5.41) is 7.73. The van der Waals surface area contributed by atoms with Gasteiger partial charge in [0.25, 0.3) is 0 Å². The first-order chi connectivity index (χ1) is 10.1. The van der Waals surface area contributed by atoms with E-state index in [-0.39, 0.29) is 6.10 Å². The third kappa shape index (κ3) is 3.39. The molecule has 1 aliphatic rings. The van der Waals surface area contributed by atoms with E-state index in [1.165, 1.54) is 0 Å². The van der Waals surface area contributed by atoms with E-state index >= 15 is 0 Å². The van der Waals surface area contributed by atoms with Crippen LogP contribution in [0.2, 0.25) is 0 Å². The molecule has 2 atom stereocenters. The molecular formula is C15H21N5O. The zero-order valence-electron chi connectivity index (χ0n) is 12.7. The predicted molar refractivity (Wildman–Crippen MR) is 80.1 cm³/mol. The number of aromatic nitrogens is 4. The van der Waals surface area contributed by atoms with Gasteiger partial charge in [-0.05, 0) is 26.7 Å². The summed E-state index contributed by atoms with van der Waals surface area (Å²) in [5.41, 5.74) is 2.12. The summed E-state index contributed by atoms with van der Waals surface area (Å²) < 4.78 is 7.68. The molecule has 3 rings (SSSR count). The quantitative estimate of drug-likeness (QED) is 0.937. The van der Waals surface area contributed by atoms with Crippen molar-refractivity contribution in [3.8, 4) is 0 Å². The van der Waals surface area contributed by atoms with E-state index in [4.69, 9.17) is 4.74 Å². The van der Waals surface area contributed by atoms with Gasteiger partial charge < -0.3 is 10.1 Å². The molecule has 6 heteroatoms. The van der Waals surface area contributed by atoms with Gasteiger partial charge in [0.1, 0.15) is 11.6 Å². The third-order valence-electron chi connectivity index (χ3n) is 3.70. The molecule has 1 fully saturated rings. The fraction of sp³-hybridized carbons (Fsp3) is 0.533. The molecule has 112 valence electrons. The highest BCUT2D eigenvalue weighted by atomic mass is 16.5. The van der Waals surface area contributed by atoms with Crippen LogP contribution in [0.3, 0.4) is 0 Å². The highest BCUT2D eigenvalue weighted by Gasteiger charge is 2.25. The molecular weight excluding hydrogens is 266 g/mol.